The number of fused-ring (bicyclic) bond motifs is 1. The van der Waals surface area contributed by atoms with Gasteiger partial charge in [0, 0.05) is 11.9 Å². The Morgan fingerprint density at radius 3 is 2.84 bits per heavy atom. The number of nitrogens with zero attached hydrogens (tertiary/aromatic N) is 2. The fraction of sp³-hybridized carbons (Fsp3) is 0.400. The van der Waals surface area contributed by atoms with E-state index in [9.17, 15) is 0 Å². The van der Waals surface area contributed by atoms with Crippen LogP contribution in [-0.2, 0) is 6.54 Å². The van der Waals surface area contributed by atoms with E-state index in [1.54, 1.807) is 7.11 Å². The third-order valence-electron chi connectivity index (χ3n) is 3.67. The van der Waals surface area contributed by atoms with Gasteiger partial charge in [-0.2, -0.15) is 0 Å². The Labute approximate surface area is 118 Å². The van der Waals surface area contributed by atoms with Gasteiger partial charge < -0.3 is 4.74 Å². The number of pyridine rings is 1. The van der Waals surface area contributed by atoms with Crippen molar-refractivity contribution in [1.82, 2.24) is 9.88 Å². The van der Waals surface area contributed by atoms with E-state index in [-0.39, 0.29) is 0 Å². The predicted octanol–water partition coefficient (Wildman–Crippen LogP) is 3.49. The SMILES string of the molecule is COc1cccc2c(CN3CCCC3)cc(Cl)nc12. The van der Waals surface area contributed by atoms with E-state index in [2.05, 4.69) is 16.0 Å². The number of methoxy groups -OCH3 is 1. The number of aromatic nitrogens is 1. The van der Waals surface area contributed by atoms with Crippen LogP contribution in [-0.4, -0.2) is 30.1 Å². The summed E-state index contributed by atoms with van der Waals surface area (Å²) in [6.45, 7) is 3.28. The smallest absolute Gasteiger partial charge is 0.145 e. The van der Waals surface area contributed by atoms with Crippen molar-refractivity contribution in [2.75, 3.05) is 20.2 Å². The number of benzene rings is 1. The fourth-order valence-electron chi connectivity index (χ4n) is 2.73. The van der Waals surface area contributed by atoms with Crippen LogP contribution in [0.25, 0.3) is 10.9 Å². The molecule has 0 spiro atoms. The molecule has 1 aliphatic heterocycles. The molecule has 1 aromatic carbocycles. The summed E-state index contributed by atoms with van der Waals surface area (Å²) in [5, 5.41) is 1.67. The highest BCUT2D eigenvalue weighted by molar-refractivity contribution is 6.30. The van der Waals surface area contributed by atoms with Crippen molar-refractivity contribution >= 4 is 22.5 Å². The normalized spacial score (nSPS) is 16.1. The molecule has 0 saturated carbocycles. The van der Waals surface area contributed by atoms with Crippen LogP contribution in [0.1, 0.15) is 18.4 Å². The predicted molar refractivity (Wildman–Crippen MR) is 77.8 cm³/mol. The van der Waals surface area contributed by atoms with E-state index in [0.717, 1.165) is 23.2 Å². The van der Waals surface area contributed by atoms with E-state index in [4.69, 9.17) is 16.3 Å². The van der Waals surface area contributed by atoms with Crippen LogP contribution in [0.2, 0.25) is 5.15 Å². The molecule has 3 nitrogen and oxygen atoms in total. The number of halogens is 1. The van der Waals surface area contributed by atoms with Gasteiger partial charge in [0.15, 0.2) is 0 Å². The minimum atomic E-state index is 0.534. The Hall–Kier alpha value is -1.32. The molecule has 2 aromatic rings. The molecule has 0 bridgehead atoms. The molecule has 19 heavy (non-hydrogen) atoms. The first-order valence-electron chi connectivity index (χ1n) is 6.62. The van der Waals surface area contributed by atoms with E-state index in [1.165, 1.54) is 31.5 Å². The maximum Gasteiger partial charge on any atom is 0.145 e. The monoisotopic (exact) mass is 276 g/mol. The average Bonchev–Trinajstić information content (AvgIpc) is 2.91. The summed E-state index contributed by atoms with van der Waals surface area (Å²) in [4.78, 5) is 6.87. The molecule has 0 atom stereocenters. The molecule has 4 heteroatoms. The Bertz CT molecular complexity index is 594. The average molecular weight is 277 g/mol. The van der Waals surface area contributed by atoms with Crippen molar-refractivity contribution in [3.8, 4) is 5.75 Å². The van der Waals surface area contributed by atoms with Crippen LogP contribution in [0, 0.1) is 0 Å². The highest BCUT2D eigenvalue weighted by Crippen LogP contribution is 2.29. The van der Waals surface area contributed by atoms with E-state index in [1.807, 2.05) is 18.2 Å². The van der Waals surface area contributed by atoms with Crippen molar-refractivity contribution in [2.45, 2.75) is 19.4 Å². The van der Waals surface area contributed by atoms with Crippen molar-refractivity contribution in [3.63, 3.8) is 0 Å². The molecule has 2 heterocycles. The van der Waals surface area contributed by atoms with Crippen LogP contribution in [0.3, 0.4) is 0 Å². The lowest BCUT2D eigenvalue weighted by Crippen LogP contribution is -2.18. The summed E-state index contributed by atoms with van der Waals surface area (Å²) in [5.41, 5.74) is 2.09. The molecular formula is C15H17ClN2O. The molecule has 3 rings (SSSR count). The lowest BCUT2D eigenvalue weighted by molar-refractivity contribution is 0.332. The second-order valence-corrected chi connectivity index (χ2v) is 5.33. The standard InChI is InChI=1S/C15H17ClN2O/c1-19-13-6-4-5-12-11(9-14(16)17-15(12)13)10-18-7-2-3-8-18/h4-6,9H,2-3,7-8,10H2,1H3. The van der Waals surface area contributed by atoms with E-state index >= 15 is 0 Å². The second kappa shape index (κ2) is 5.35. The van der Waals surface area contributed by atoms with E-state index < -0.39 is 0 Å². The van der Waals surface area contributed by atoms with Crippen LogP contribution in [0.4, 0.5) is 0 Å². The van der Waals surface area contributed by atoms with Gasteiger partial charge in [0.05, 0.1) is 7.11 Å². The van der Waals surface area contributed by atoms with Gasteiger partial charge in [0.25, 0.3) is 0 Å². The summed E-state index contributed by atoms with van der Waals surface area (Å²) in [6.07, 6.45) is 2.58. The van der Waals surface area contributed by atoms with Crippen LogP contribution in [0.15, 0.2) is 24.3 Å². The number of likely N-dealkylation sites (tertiary alicyclic amines) is 1. The first-order chi connectivity index (χ1) is 9.28. The topological polar surface area (TPSA) is 25.4 Å². The Kier molecular flexibility index (Phi) is 3.58. The number of hydrogen-bond acceptors (Lipinski definition) is 3. The highest BCUT2D eigenvalue weighted by atomic mass is 35.5. The van der Waals surface area contributed by atoms with Gasteiger partial charge in [0.1, 0.15) is 16.4 Å². The van der Waals surface area contributed by atoms with E-state index in [0.29, 0.717) is 5.15 Å². The molecule has 1 fully saturated rings. The maximum absolute atomic E-state index is 6.15. The molecular weight excluding hydrogens is 260 g/mol. The maximum atomic E-state index is 6.15. The van der Waals surface area contributed by atoms with Gasteiger partial charge in [-0.3, -0.25) is 4.90 Å². The highest BCUT2D eigenvalue weighted by Gasteiger charge is 2.15. The summed E-state index contributed by atoms with van der Waals surface area (Å²) >= 11 is 6.15. The fourth-order valence-corrected chi connectivity index (χ4v) is 2.95. The first-order valence-corrected chi connectivity index (χ1v) is 7.00. The zero-order chi connectivity index (χ0) is 13.2. The molecule has 1 saturated heterocycles. The van der Waals surface area contributed by atoms with Gasteiger partial charge >= 0.3 is 0 Å². The molecule has 1 aromatic heterocycles. The molecule has 0 unspecified atom stereocenters. The molecule has 0 aliphatic carbocycles. The summed E-state index contributed by atoms with van der Waals surface area (Å²) < 4.78 is 5.37. The van der Waals surface area contributed by atoms with Crippen molar-refractivity contribution in [1.29, 1.82) is 0 Å². The minimum Gasteiger partial charge on any atom is -0.494 e. The molecule has 1 aliphatic rings. The second-order valence-electron chi connectivity index (χ2n) is 4.94. The number of hydrogen-bond donors (Lipinski definition) is 0. The molecule has 0 N–H and O–H groups in total. The molecule has 0 amide bonds. The third kappa shape index (κ3) is 2.53. The Balaban J connectivity index is 2.07. The van der Waals surface area contributed by atoms with Crippen LogP contribution >= 0.6 is 11.6 Å². The van der Waals surface area contributed by atoms with Crippen molar-refractivity contribution < 1.29 is 4.74 Å². The van der Waals surface area contributed by atoms with Gasteiger partial charge in [-0.25, -0.2) is 4.98 Å². The van der Waals surface area contributed by atoms with Gasteiger partial charge in [-0.05, 0) is 43.6 Å². The first kappa shape index (κ1) is 12.7. The number of ether oxygens (including phenoxy) is 1. The number of rotatable bonds is 3. The largest absolute Gasteiger partial charge is 0.494 e. The Morgan fingerprint density at radius 1 is 1.32 bits per heavy atom. The lowest BCUT2D eigenvalue weighted by atomic mass is 10.1. The third-order valence-corrected chi connectivity index (χ3v) is 3.86. The summed E-state index contributed by atoms with van der Waals surface area (Å²) in [5.74, 6) is 0.780. The van der Waals surface area contributed by atoms with Gasteiger partial charge in [0.2, 0.25) is 0 Å². The van der Waals surface area contributed by atoms with Crippen LogP contribution in [0.5, 0.6) is 5.75 Å². The van der Waals surface area contributed by atoms with Crippen LogP contribution < -0.4 is 4.74 Å². The zero-order valence-corrected chi connectivity index (χ0v) is 11.8. The zero-order valence-electron chi connectivity index (χ0n) is 11.0. The van der Waals surface area contributed by atoms with Gasteiger partial charge in [-0.15, -0.1) is 0 Å². The van der Waals surface area contributed by atoms with Crippen molar-refractivity contribution in [3.05, 3.63) is 35.0 Å². The lowest BCUT2D eigenvalue weighted by Gasteiger charge is -2.17. The van der Waals surface area contributed by atoms with Crippen molar-refractivity contribution in [2.24, 2.45) is 0 Å². The summed E-state index contributed by atoms with van der Waals surface area (Å²) in [7, 11) is 1.66. The molecule has 100 valence electrons. The molecule has 0 radical (unpaired) electrons. The quantitative estimate of drug-likeness (QED) is 0.803. The summed E-state index contributed by atoms with van der Waals surface area (Å²) in [6, 6.07) is 7.99. The minimum absolute atomic E-state index is 0.534. The van der Waals surface area contributed by atoms with Gasteiger partial charge in [-0.1, -0.05) is 23.7 Å². The Morgan fingerprint density at radius 2 is 2.11 bits per heavy atom. The number of para-hydroxylation sites is 1.